The number of aliphatic hydroxyl groups excluding tert-OH is 1. The predicted octanol–water partition coefficient (Wildman–Crippen LogP) is 3.07. The van der Waals surface area contributed by atoms with Gasteiger partial charge in [-0.15, -0.1) is 0 Å². The van der Waals surface area contributed by atoms with Crippen LogP contribution in [0.1, 0.15) is 64.2 Å². The number of anilines is 1. The second kappa shape index (κ2) is 15.6. The van der Waals surface area contributed by atoms with Crippen molar-refractivity contribution < 1.29 is 32.6 Å². The van der Waals surface area contributed by atoms with Crippen LogP contribution in [0.5, 0.6) is 5.75 Å². The summed E-state index contributed by atoms with van der Waals surface area (Å²) in [5.74, 6) is -0.332. The minimum absolute atomic E-state index is 0.0200. The van der Waals surface area contributed by atoms with E-state index in [9.17, 15) is 23.1 Å². The molecular formula is C30H48N6O7S. The second-order valence-corrected chi connectivity index (χ2v) is 13.6. The van der Waals surface area contributed by atoms with Gasteiger partial charge >= 0.3 is 6.03 Å². The number of fused-ring (bicyclic) bond motifs is 1. The smallest absolute Gasteiger partial charge is 0.317 e. The summed E-state index contributed by atoms with van der Waals surface area (Å²) in [5, 5.41) is 12.9. The number of urea groups is 1. The molecule has 14 heteroatoms. The van der Waals surface area contributed by atoms with Crippen LogP contribution in [0, 0.1) is 5.92 Å². The Bertz CT molecular complexity index is 1370. The first kappa shape index (κ1) is 35.1. The molecule has 13 nitrogen and oxygen atoms in total. The molecule has 0 saturated heterocycles. The number of aromatic nitrogens is 2. The molecule has 0 bridgehead atoms. The molecule has 44 heavy (non-hydrogen) atoms. The van der Waals surface area contributed by atoms with Crippen molar-refractivity contribution in [2.45, 2.75) is 83.2 Å². The number of nitrogens with zero attached hydrogens (tertiary/aromatic N) is 4. The largest absolute Gasteiger partial charge is 0.490 e. The quantitative estimate of drug-likeness (QED) is 0.399. The molecule has 1 aliphatic heterocycles. The summed E-state index contributed by atoms with van der Waals surface area (Å²) < 4.78 is 42.5. The number of ether oxygens (including phenoxy) is 2. The van der Waals surface area contributed by atoms with Gasteiger partial charge in [-0.1, -0.05) is 6.92 Å². The summed E-state index contributed by atoms with van der Waals surface area (Å²) in [6.07, 6.45) is 4.47. The third-order valence-electron chi connectivity index (χ3n) is 7.47. The van der Waals surface area contributed by atoms with Crippen molar-refractivity contribution in [3.63, 3.8) is 0 Å². The number of nitrogens with one attached hydrogen (secondary N) is 2. The fraction of sp³-hybridized carbons (Fsp3) is 0.633. The Labute approximate surface area is 261 Å². The van der Waals surface area contributed by atoms with Gasteiger partial charge in [0.15, 0.2) is 5.03 Å². The zero-order chi connectivity index (χ0) is 32.6. The van der Waals surface area contributed by atoms with Crippen LogP contribution in [0.15, 0.2) is 35.7 Å². The van der Waals surface area contributed by atoms with Crippen LogP contribution in [0.25, 0.3) is 0 Å². The van der Waals surface area contributed by atoms with Gasteiger partial charge in [-0.2, -0.15) is 8.42 Å². The van der Waals surface area contributed by atoms with E-state index in [-0.39, 0.29) is 59.6 Å². The van der Waals surface area contributed by atoms with Gasteiger partial charge in [0.2, 0.25) is 0 Å². The average Bonchev–Trinajstić information content (AvgIpc) is 3.41. The number of benzene rings is 1. The summed E-state index contributed by atoms with van der Waals surface area (Å²) >= 11 is 0. The Balaban J connectivity index is 1.98. The monoisotopic (exact) mass is 636 g/mol. The van der Waals surface area contributed by atoms with Crippen LogP contribution in [0.2, 0.25) is 0 Å². The van der Waals surface area contributed by atoms with Crippen molar-refractivity contribution in [3.8, 4) is 5.75 Å². The number of imidazole rings is 1. The highest BCUT2D eigenvalue weighted by Crippen LogP contribution is 2.29. The maximum absolute atomic E-state index is 14.2. The SMILES string of the molecule is CC(C)NC(=O)N(C)C[C@H]1OCCCC[C@@H](C)Oc2ccc(NS(=O)(=O)c3cn(C)cn3)cc2C(=O)N([C@@H](C)CO)C[C@H]1C. The summed E-state index contributed by atoms with van der Waals surface area (Å²) in [7, 11) is -0.637. The van der Waals surface area contributed by atoms with E-state index in [2.05, 4.69) is 15.0 Å². The maximum Gasteiger partial charge on any atom is 0.317 e. The van der Waals surface area contributed by atoms with E-state index < -0.39 is 22.0 Å². The molecule has 3 rings (SSSR count). The number of rotatable bonds is 8. The highest BCUT2D eigenvalue weighted by Gasteiger charge is 2.31. The van der Waals surface area contributed by atoms with Crippen LogP contribution >= 0.6 is 0 Å². The lowest BCUT2D eigenvalue weighted by Gasteiger charge is -2.36. The van der Waals surface area contributed by atoms with E-state index in [0.717, 1.165) is 12.8 Å². The van der Waals surface area contributed by atoms with Crippen LogP contribution in [0.4, 0.5) is 10.5 Å². The molecule has 4 atom stereocenters. The van der Waals surface area contributed by atoms with E-state index in [1.165, 1.54) is 23.2 Å². The predicted molar refractivity (Wildman–Crippen MR) is 167 cm³/mol. The molecule has 0 unspecified atom stereocenters. The normalized spacial score (nSPS) is 21.2. The molecule has 0 saturated carbocycles. The van der Waals surface area contributed by atoms with Crippen LogP contribution in [-0.4, -0.2) is 102 Å². The molecule has 2 heterocycles. The highest BCUT2D eigenvalue weighted by molar-refractivity contribution is 7.92. The van der Waals surface area contributed by atoms with E-state index in [0.29, 0.717) is 25.3 Å². The molecule has 3 N–H and O–H groups in total. The number of amides is 3. The number of carbonyl (C=O) groups is 2. The number of aryl methyl sites for hydroxylation is 1. The number of sulfonamides is 1. The van der Waals surface area contributed by atoms with Gasteiger partial charge in [0, 0.05) is 57.6 Å². The standard InChI is InChI=1S/C30H48N6O7S/c1-20(2)32-30(39)35(7)16-27-21(3)15-36(22(4)18-37)29(38)25-14-24(33-44(40,41)28-17-34(6)19-31-28)11-12-26(25)43-23(5)10-8-9-13-42-27/h11-12,14,17,19-23,27,33,37H,8-10,13,15-16,18H2,1-7H3,(H,32,39)/t21-,22+,23-,27-/m1/s1. The summed E-state index contributed by atoms with van der Waals surface area (Å²) in [5.41, 5.74) is 0.331. The van der Waals surface area contributed by atoms with Gasteiger partial charge in [0.05, 0.1) is 36.7 Å². The van der Waals surface area contributed by atoms with Crippen LogP contribution in [-0.2, 0) is 21.8 Å². The fourth-order valence-electron chi connectivity index (χ4n) is 4.89. The third-order valence-corrected chi connectivity index (χ3v) is 8.74. The second-order valence-electron chi connectivity index (χ2n) is 12.0. The lowest BCUT2D eigenvalue weighted by Crippen LogP contribution is -2.49. The Hall–Kier alpha value is -3.36. The molecule has 1 aromatic heterocycles. The van der Waals surface area contributed by atoms with Gasteiger partial charge < -0.3 is 34.3 Å². The molecule has 1 aliphatic rings. The van der Waals surface area contributed by atoms with Gasteiger partial charge in [-0.3, -0.25) is 9.52 Å². The lowest BCUT2D eigenvalue weighted by molar-refractivity contribution is -0.0122. The minimum atomic E-state index is -4.01. The molecule has 0 aliphatic carbocycles. The van der Waals surface area contributed by atoms with Crippen LogP contribution in [0.3, 0.4) is 0 Å². The van der Waals surface area contributed by atoms with Gasteiger partial charge in [-0.05, 0) is 65.2 Å². The maximum atomic E-state index is 14.2. The number of carbonyl (C=O) groups excluding carboxylic acids is 2. The number of likely N-dealkylation sites (N-methyl/N-ethyl adjacent to an activating group) is 1. The molecule has 2 aromatic rings. The van der Waals surface area contributed by atoms with Crippen molar-refractivity contribution in [1.82, 2.24) is 24.7 Å². The van der Waals surface area contributed by atoms with E-state index in [1.54, 1.807) is 43.0 Å². The van der Waals surface area contributed by atoms with Gasteiger partial charge in [-0.25, -0.2) is 9.78 Å². The van der Waals surface area contributed by atoms with E-state index in [1.807, 2.05) is 27.7 Å². The lowest BCUT2D eigenvalue weighted by atomic mass is 10.0. The van der Waals surface area contributed by atoms with Crippen LogP contribution < -0.4 is 14.8 Å². The molecule has 0 radical (unpaired) electrons. The Morgan fingerprint density at radius 3 is 2.59 bits per heavy atom. The van der Waals surface area contributed by atoms with Gasteiger partial charge in [0.1, 0.15) is 5.75 Å². The van der Waals surface area contributed by atoms with E-state index >= 15 is 0 Å². The molecular weight excluding hydrogens is 588 g/mol. The zero-order valence-electron chi connectivity index (χ0n) is 26.8. The first-order chi connectivity index (χ1) is 20.7. The molecule has 3 amide bonds. The van der Waals surface area contributed by atoms with E-state index in [4.69, 9.17) is 9.47 Å². The first-order valence-corrected chi connectivity index (χ1v) is 16.6. The molecule has 246 valence electrons. The van der Waals surface area contributed by atoms with Crippen molar-refractivity contribution >= 4 is 27.6 Å². The summed E-state index contributed by atoms with van der Waals surface area (Å²) in [6.45, 7) is 10.1. The van der Waals surface area contributed by atoms with Crippen molar-refractivity contribution in [2.75, 3.05) is 38.1 Å². The number of aliphatic hydroxyl groups is 1. The number of hydrogen-bond donors (Lipinski definition) is 3. The average molecular weight is 637 g/mol. The number of hydrogen-bond acceptors (Lipinski definition) is 8. The zero-order valence-corrected chi connectivity index (χ0v) is 27.6. The Kier molecular flexibility index (Phi) is 12.4. The van der Waals surface area contributed by atoms with Gasteiger partial charge in [0.25, 0.3) is 15.9 Å². The summed E-state index contributed by atoms with van der Waals surface area (Å²) in [6, 6.07) is 3.79. The Morgan fingerprint density at radius 1 is 1.23 bits per heavy atom. The highest BCUT2D eigenvalue weighted by atomic mass is 32.2. The van der Waals surface area contributed by atoms with Crippen molar-refractivity contribution in [2.24, 2.45) is 13.0 Å². The molecule has 0 spiro atoms. The van der Waals surface area contributed by atoms with Crippen molar-refractivity contribution in [1.29, 1.82) is 0 Å². The summed E-state index contributed by atoms with van der Waals surface area (Å²) in [4.78, 5) is 34.0. The molecule has 1 aromatic carbocycles. The fourth-order valence-corrected chi connectivity index (χ4v) is 5.93. The minimum Gasteiger partial charge on any atom is -0.490 e. The molecule has 0 fully saturated rings. The Morgan fingerprint density at radius 2 is 1.95 bits per heavy atom. The third kappa shape index (κ3) is 9.57. The van der Waals surface area contributed by atoms with Crippen molar-refractivity contribution in [3.05, 3.63) is 36.3 Å². The topological polar surface area (TPSA) is 155 Å². The first-order valence-electron chi connectivity index (χ1n) is 15.1.